The Labute approximate surface area is 180 Å². The highest BCUT2D eigenvalue weighted by atomic mass is 127. The molecule has 0 saturated heterocycles. The Morgan fingerprint density at radius 2 is 2.00 bits per heavy atom. The lowest BCUT2D eigenvalue weighted by Gasteiger charge is -2.21. The number of hydrogen-bond donors (Lipinski definition) is 2. The summed E-state index contributed by atoms with van der Waals surface area (Å²) in [5.74, 6) is 0.477. The largest absolute Gasteiger partial charge is 0.356 e. The predicted molar refractivity (Wildman–Crippen MR) is 122 cm³/mol. The van der Waals surface area contributed by atoms with Gasteiger partial charge >= 0.3 is 0 Å². The van der Waals surface area contributed by atoms with E-state index < -0.39 is 0 Å². The van der Waals surface area contributed by atoms with E-state index in [9.17, 15) is 4.39 Å². The number of halogens is 3. The zero-order chi connectivity index (χ0) is 18.7. The molecule has 0 aliphatic heterocycles. The van der Waals surface area contributed by atoms with Gasteiger partial charge in [0.2, 0.25) is 0 Å². The van der Waals surface area contributed by atoms with E-state index in [2.05, 4.69) is 41.3 Å². The Morgan fingerprint density at radius 3 is 2.58 bits per heavy atom. The molecule has 1 atom stereocenters. The summed E-state index contributed by atoms with van der Waals surface area (Å²) in [7, 11) is 1.74. The highest BCUT2D eigenvalue weighted by Crippen LogP contribution is 2.18. The monoisotopic (exact) mass is 498 g/mol. The summed E-state index contributed by atoms with van der Waals surface area (Å²) in [5, 5.41) is 7.08. The maximum Gasteiger partial charge on any atom is 0.191 e. The summed E-state index contributed by atoms with van der Waals surface area (Å²) in [6, 6.07) is 5.10. The minimum absolute atomic E-state index is 0. The number of rotatable bonds is 10. The van der Waals surface area contributed by atoms with E-state index in [4.69, 9.17) is 11.6 Å². The average molecular weight is 499 g/mol. The number of nitrogens with one attached hydrogen (secondary N) is 2. The number of aliphatic imine (C=N–C) groups is 1. The van der Waals surface area contributed by atoms with Crippen LogP contribution in [0, 0.1) is 5.82 Å². The van der Waals surface area contributed by atoms with Gasteiger partial charge in [0.05, 0.1) is 0 Å². The first-order valence-corrected chi connectivity index (χ1v) is 9.52. The van der Waals surface area contributed by atoms with Gasteiger partial charge in [-0.05, 0) is 58.0 Å². The van der Waals surface area contributed by atoms with Crippen LogP contribution in [0.3, 0.4) is 0 Å². The van der Waals surface area contributed by atoms with Crippen molar-refractivity contribution < 1.29 is 4.39 Å². The first kappa shape index (κ1) is 25.4. The Bertz CT molecular complexity index is 518. The van der Waals surface area contributed by atoms with Gasteiger partial charge in [0.15, 0.2) is 5.96 Å². The highest BCUT2D eigenvalue weighted by Gasteiger charge is 2.09. The Hall–Kier alpha value is -0.600. The van der Waals surface area contributed by atoms with E-state index in [1.807, 2.05) is 0 Å². The predicted octanol–water partition coefficient (Wildman–Crippen LogP) is 4.32. The number of benzene rings is 1. The van der Waals surface area contributed by atoms with Crippen LogP contribution in [0.15, 0.2) is 23.2 Å². The number of hydrogen-bond acceptors (Lipinski definition) is 2. The Balaban J connectivity index is 0.00000625. The van der Waals surface area contributed by atoms with Gasteiger partial charge in [-0.1, -0.05) is 31.5 Å². The molecule has 0 aliphatic carbocycles. The van der Waals surface area contributed by atoms with Crippen molar-refractivity contribution in [3.63, 3.8) is 0 Å². The van der Waals surface area contributed by atoms with Gasteiger partial charge in [0, 0.05) is 30.2 Å². The zero-order valence-electron chi connectivity index (χ0n) is 16.3. The molecular formula is C19H33ClFIN4. The van der Waals surface area contributed by atoms with Crippen molar-refractivity contribution in [3.05, 3.63) is 34.6 Å². The van der Waals surface area contributed by atoms with E-state index in [0.29, 0.717) is 29.6 Å². The third kappa shape index (κ3) is 9.37. The molecule has 7 heteroatoms. The molecule has 4 nitrogen and oxygen atoms in total. The van der Waals surface area contributed by atoms with E-state index >= 15 is 0 Å². The second-order valence-electron chi connectivity index (χ2n) is 6.16. The van der Waals surface area contributed by atoms with Crippen LogP contribution >= 0.6 is 35.6 Å². The van der Waals surface area contributed by atoms with Crippen molar-refractivity contribution >= 4 is 41.5 Å². The van der Waals surface area contributed by atoms with Crippen LogP contribution in [0.1, 0.15) is 39.2 Å². The summed E-state index contributed by atoms with van der Waals surface area (Å²) in [6.45, 7) is 10.4. The van der Waals surface area contributed by atoms with E-state index in [0.717, 1.165) is 38.4 Å². The molecule has 1 unspecified atom stereocenters. The third-order valence-electron chi connectivity index (χ3n) is 4.34. The molecule has 1 rings (SSSR count). The molecule has 2 N–H and O–H groups in total. The maximum atomic E-state index is 13.8. The fraction of sp³-hybridized carbons (Fsp3) is 0.632. The molecule has 150 valence electrons. The van der Waals surface area contributed by atoms with Gasteiger partial charge in [-0.15, -0.1) is 24.0 Å². The second-order valence-corrected chi connectivity index (χ2v) is 6.57. The van der Waals surface area contributed by atoms with E-state index in [1.54, 1.807) is 19.2 Å². The van der Waals surface area contributed by atoms with Crippen molar-refractivity contribution in [2.45, 2.75) is 46.1 Å². The van der Waals surface area contributed by atoms with Gasteiger partial charge in [-0.2, -0.15) is 0 Å². The Kier molecular flexibility index (Phi) is 14.1. The molecule has 0 bridgehead atoms. The smallest absolute Gasteiger partial charge is 0.191 e. The Morgan fingerprint density at radius 1 is 1.31 bits per heavy atom. The zero-order valence-corrected chi connectivity index (χ0v) is 19.4. The van der Waals surface area contributed by atoms with Gasteiger partial charge in [0.25, 0.3) is 0 Å². The number of guanidine groups is 1. The summed E-state index contributed by atoms with van der Waals surface area (Å²) in [5.41, 5.74) is 0.541. The van der Waals surface area contributed by atoms with Gasteiger partial charge in [-0.3, -0.25) is 4.99 Å². The first-order valence-electron chi connectivity index (χ1n) is 9.14. The van der Waals surface area contributed by atoms with Gasteiger partial charge in [0.1, 0.15) is 5.82 Å². The van der Waals surface area contributed by atoms with Crippen molar-refractivity contribution in [2.24, 2.45) is 4.99 Å². The van der Waals surface area contributed by atoms with Crippen molar-refractivity contribution in [1.82, 2.24) is 15.5 Å². The molecule has 0 saturated carbocycles. The van der Waals surface area contributed by atoms with Gasteiger partial charge < -0.3 is 15.5 Å². The van der Waals surface area contributed by atoms with Crippen LogP contribution < -0.4 is 10.6 Å². The van der Waals surface area contributed by atoms with Crippen LogP contribution in [0.25, 0.3) is 0 Å². The standard InChI is InChI=1S/C19H32ClFN4.HI/c1-5-25(6-2)14-8-9-15(3)24-19(22-4)23-13-12-16-17(20)10-7-11-18(16)21;/h7,10-11,15H,5-6,8-9,12-14H2,1-4H3,(H2,22,23,24);1H. The molecule has 0 heterocycles. The quantitative estimate of drug-likeness (QED) is 0.287. The molecule has 0 aromatic heterocycles. The third-order valence-corrected chi connectivity index (χ3v) is 4.70. The normalized spacial score (nSPS) is 12.7. The SMILES string of the molecule is CCN(CC)CCCC(C)NC(=NC)NCCc1c(F)cccc1Cl.I. The second kappa shape index (κ2) is 14.5. The lowest BCUT2D eigenvalue weighted by atomic mass is 10.1. The minimum atomic E-state index is -0.262. The van der Waals surface area contributed by atoms with Crippen LogP contribution in [0.5, 0.6) is 0 Å². The molecular weight excluding hydrogens is 466 g/mol. The van der Waals surface area contributed by atoms with E-state index in [-0.39, 0.29) is 29.8 Å². The molecule has 26 heavy (non-hydrogen) atoms. The van der Waals surface area contributed by atoms with Crippen LogP contribution in [0.4, 0.5) is 4.39 Å². The molecule has 1 aromatic rings. The van der Waals surface area contributed by atoms with Crippen molar-refractivity contribution in [1.29, 1.82) is 0 Å². The van der Waals surface area contributed by atoms with Crippen molar-refractivity contribution in [2.75, 3.05) is 33.2 Å². The molecule has 0 spiro atoms. The molecule has 0 radical (unpaired) electrons. The average Bonchev–Trinajstić information content (AvgIpc) is 2.60. The molecule has 0 amide bonds. The van der Waals surface area contributed by atoms with Crippen LogP contribution in [-0.4, -0.2) is 50.1 Å². The summed E-state index contributed by atoms with van der Waals surface area (Å²) in [4.78, 5) is 6.67. The van der Waals surface area contributed by atoms with Crippen LogP contribution in [0.2, 0.25) is 5.02 Å². The summed E-state index contributed by atoms with van der Waals surface area (Å²) >= 11 is 6.05. The van der Waals surface area contributed by atoms with Gasteiger partial charge in [-0.25, -0.2) is 4.39 Å². The first-order chi connectivity index (χ1) is 12.0. The maximum absolute atomic E-state index is 13.8. The van der Waals surface area contributed by atoms with Crippen LogP contribution in [-0.2, 0) is 6.42 Å². The topological polar surface area (TPSA) is 39.7 Å². The fourth-order valence-corrected chi connectivity index (χ4v) is 3.00. The minimum Gasteiger partial charge on any atom is -0.356 e. The van der Waals surface area contributed by atoms with E-state index in [1.165, 1.54) is 6.07 Å². The highest BCUT2D eigenvalue weighted by molar-refractivity contribution is 14.0. The number of nitrogens with zero attached hydrogens (tertiary/aromatic N) is 2. The lowest BCUT2D eigenvalue weighted by Crippen LogP contribution is -2.43. The summed E-state index contributed by atoms with van der Waals surface area (Å²) in [6.07, 6.45) is 2.75. The molecule has 1 aromatic carbocycles. The van der Waals surface area contributed by atoms with Crippen molar-refractivity contribution in [3.8, 4) is 0 Å². The summed E-state index contributed by atoms with van der Waals surface area (Å²) < 4.78 is 13.8. The lowest BCUT2D eigenvalue weighted by molar-refractivity contribution is 0.292. The molecule has 0 aliphatic rings. The fourth-order valence-electron chi connectivity index (χ4n) is 2.74. The molecule has 0 fully saturated rings.